The zero-order valence-corrected chi connectivity index (χ0v) is 28.9. The highest BCUT2D eigenvalue weighted by molar-refractivity contribution is 8.16. The van der Waals surface area contributed by atoms with E-state index >= 15 is 4.39 Å². The quantitative estimate of drug-likeness (QED) is 0.252. The number of rotatable bonds is 8. The van der Waals surface area contributed by atoms with E-state index < -0.39 is 48.6 Å². The average molecular weight is 650 g/mol. The Morgan fingerprint density at radius 1 is 1.16 bits per heavy atom. The van der Waals surface area contributed by atoms with E-state index in [1.54, 1.807) is 24.0 Å². The van der Waals surface area contributed by atoms with Gasteiger partial charge in [-0.1, -0.05) is 43.5 Å². The van der Waals surface area contributed by atoms with Gasteiger partial charge in [0.2, 0.25) is 5.91 Å². The second-order valence-electron chi connectivity index (χ2n) is 14.6. The fraction of sp³-hybridized carbons (Fsp3) is 0.700. The minimum Gasteiger partial charge on any atom is -0.465 e. The predicted molar refractivity (Wildman–Crippen MR) is 172 cm³/mol. The summed E-state index contributed by atoms with van der Waals surface area (Å²) in [6.07, 6.45) is -0.812. The Morgan fingerprint density at radius 3 is 2.39 bits per heavy atom. The normalized spacial score (nSPS) is 29.2. The molecule has 1 aliphatic carbocycles. The summed E-state index contributed by atoms with van der Waals surface area (Å²) in [5.74, 6) is -0.941. The van der Waals surface area contributed by atoms with Crippen LogP contribution < -0.4 is 5.46 Å². The van der Waals surface area contributed by atoms with Crippen molar-refractivity contribution >= 4 is 49.6 Å². The molecular formula is C30H45BFN3O7SSi. The molecule has 0 spiro atoms. The van der Waals surface area contributed by atoms with Gasteiger partial charge >= 0.3 is 13.2 Å². The van der Waals surface area contributed by atoms with E-state index in [4.69, 9.17) is 23.8 Å². The Kier molecular flexibility index (Phi) is 8.87. The maximum Gasteiger partial charge on any atom is 0.494 e. The summed E-state index contributed by atoms with van der Waals surface area (Å²) in [6.45, 7) is 18.2. The number of hydrogen-bond donors (Lipinski definition) is 1. The number of hydrogen-bond acceptors (Lipinski definition) is 8. The molecule has 4 aliphatic rings. The van der Waals surface area contributed by atoms with Crippen molar-refractivity contribution in [2.24, 2.45) is 10.9 Å². The van der Waals surface area contributed by atoms with Crippen LogP contribution >= 0.6 is 11.8 Å². The first-order valence-corrected chi connectivity index (χ1v) is 19.8. The molecule has 3 fully saturated rings. The number of halogens is 1. The van der Waals surface area contributed by atoms with E-state index in [0.717, 1.165) is 22.7 Å². The van der Waals surface area contributed by atoms with Crippen LogP contribution in [0.25, 0.3) is 0 Å². The maximum atomic E-state index is 15.9. The zero-order valence-electron chi connectivity index (χ0n) is 27.1. The molecule has 0 aromatic heterocycles. The molecule has 242 valence electrons. The van der Waals surface area contributed by atoms with Crippen LogP contribution in [-0.4, -0.2) is 103 Å². The topological polar surface area (TPSA) is 110 Å². The van der Waals surface area contributed by atoms with Crippen LogP contribution in [0, 0.1) is 11.7 Å². The summed E-state index contributed by atoms with van der Waals surface area (Å²) in [5, 5.41) is 10.4. The van der Waals surface area contributed by atoms with Gasteiger partial charge < -0.3 is 28.8 Å². The van der Waals surface area contributed by atoms with Gasteiger partial charge in [-0.05, 0) is 58.6 Å². The van der Waals surface area contributed by atoms with Crippen molar-refractivity contribution in [1.29, 1.82) is 0 Å². The van der Waals surface area contributed by atoms with E-state index in [0.29, 0.717) is 44.8 Å². The largest absolute Gasteiger partial charge is 0.494 e. The van der Waals surface area contributed by atoms with Gasteiger partial charge in [-0.25, -0.2) is 14.1 Å². The number of fused-ring (bicyclic) bond motifs is 1. The molecule has 0 radical (unpaired) electrons. The van der Waals surface area contributed by atoms with Gasteiger partial charge in [0.1, 0.15) is 17.3 Å². The lowest BCUT2D eigenvalue weighted by Gasteiger charge is -2.39. The van der Waals surface area contributed by atoms with Crippen molar-refractivity contribution in [1.82, 2.24) is 9.80 Å². The van der Waals surface area contributed by atoms with Crippen LogP contribution in [0.15, 0.2) is 23.2 Å². The molecule has 1 aromatic rings. The number of ether oxygens (including phenoxy) is 2. The zero-order chi connectivity index (χ0) is 32.3. The molecule has 0 bridgehead atoms. The summed E-state index contributed by atoms with van der Waals surface area (Å²) in [6, 6.07) is 5.59. The van der Waals surface area contributed by atoms with Crippen LogP contribution in [0.5, 0.6) is 0 Å². The fourth-order valence-electron chi connectivity index (χ4n) is 5.93. The smallest absolute Gasteiger partial charge is 0.465 e. The van der Waals surface area contributed by atoms with E-state index in [1.807, 2.05) is 27.7 Å². The summed E-state index contributed by atoms with van der Waals surface area (Å²) in [5.41, 5.74) is -1.51. The molecular weight excluding hydrogens is 604 g/mol. The molecule has 44 heavy (non-hydrogen) atoms. The summed E-state index contributed by atoms with van der Waals surface area (Å²) < 4.78 is 38.7. The van der Waals surface area contributed by atoms with Crippen molar-refractivity contribution in [3.05, 3.63) is 29.6 Å². The van der Waals surface area contributed by atoms with Crippen LogP contribution in [0.3, 0.4) is 0 Å². The fourth-order valence-corrected chi connectivity index (χ4v) is 8.33. The number of morpholine rings is 1. The Hall–Kier alpha value is -1.97. The van der Waals surface area contributed by atoms with Crippen molar-refractivity contribution in [3.63, 3.8) is 0 Å². The highest BCUT2D eigenvalue weighted by atomic mass is 32.2. The van der Waals surface area contributed by atoms with E-state index in [9.17, 15) is 14.7 Å². The lowest BCUT2D eigenvalue weighted by atomic mass is 9.75. The van der Waals surface area contributed by atoms with Crippen LogP contribution in [-0.2, 0) is 29.1 Å². The number of amides is 2. The van der Waals surface area contributed by atoms with Gasteiger partial charge in [0.25, 0.3) is 0 Å². The van der Waals surface area contributed by atoms with Crippen LogP contribution in [0.1, 0.15) is 46.6 Å². The summed E-state index contributed by atoms with van der Waals surface area (Å²) >= 11 is 1.16. The Balaban J connectivity index is 1.53. The van der Waals surface area contributed by atoms with Crippen molar-refractivity contribution < 1.29 is 37.9 Å². The lowest BCUT2D eigenvalue weighted by Crippen LogP contribution is -2.51. The van der Waals surface area contributed by atoms with Gasteiger partial charge in [-0.15, -0.1) is 0 Å². The molecule has 3 atom stereocenters. The number of carbonyl (C=O) groups is 2. The average Bonchev–Trinajstić information content (AvgIpc) is 3.64. The molecule has 10 nitrogen and oxygen atoms in total. The number of carbonyl (C=O) groups excluding carboxylic acids is 1. The third-order valence-corrected chi connectivity index (χ3v) is 12.8. The molecule has 5 rings (SSSR count). The number of amidine groups is 1. The molecule has 1 aromatic carbocycles. The standard InChI is InChI=1S/C30H45BFN3O7SSi/c1-27(2)28(3,4)42-31(41-27)20-9-10-22(32)21(17-20)29(5)23-18-30(23,24(36)34-11-13-39-14-12-34)43-25(33-29)35(26(37)38)19-40-15-16-44(6,7)8/h9-10,17,23H,11-16,18-19H2,1-8H3,(H,37,38)/t23-,29+,30-/m0/s1. The third-order valence-electron chi connectivity index (χ3n) is 9.59. The van der Waals surface area contributed by atoms with Gasteiger partial charge in [0.15, 0.2) is 5.17 Å². The lowest BCUT2D eigenvalue weighted by molar-refractivity contribution is -0.136. The van der Waals surface area contributed by atoms with Crippen LogP contribution in [0.4, 0.5) is 9.18 Å². The minimum atomic E-state index is -1.40. The van der Waals surface area contributed by atoms with E-state index in [-0.39, 0.29) is 29.3 Å². The molecule has 14 heteroatoms. The van der Waals surface area contributed by atoms with Crippen molar-refractivity contribution in [3.8, 4) is 0 Å². The highest BCUT2D eigenvalue weighted by Gasteiger charge is 2.72. The van der Waals surface area contributed by atoms with Gasteiger partial charge in [-0.3, -0.25) is 9.79 Å². The monoisotopic (exact) mass is 649 g/mol. The van der Waals surface area contributed by atoms with E-state index in [2.05, 4.69) is 19.6 Å². The second-order valence-corrected chi connectivity index (χ2v) is 21.5. The Bertz CT molecular complexity index is 1320. The highest BCUT2D eigenvalue weighted by Crippen LogP contribution is 2.67. The van der Waals surface area contributed by atoms with Gasteiger partial charge in [0, 0.05) is 39.3 Å². The summed E-state index contributed by atoms with van der Waals surface area (Å²) in [7, 11) is -2.13. The molecule has 1 N–H and O–H groups in total. The first kappa shape index (κ1) is 33.4. The first-order valence-electron chi connectivity index (χ1n) is 15.3. The van der Waals surface area contributed by atoms with Crippen LogP contribution in [0.2, 0.25) is 25.7 Å². The Labute approximate surface area is 265 Å². The van der Waals surface area contributed by atoms with E-state index in [1.165, 1.54) is 6.07 Å². The molecule has 3 aliphatic heterocycles. The minimum absolute atomic E-state index is 0.0954. The Morgan fingerprint density at radius 2 is 1.80 bits per heavy atom. The molecule has 2 amide bonds. The first-order chi connectivity index (χ1) is 20.4. The van der Waals surface area contributed by atoms with Gasteiger partial charge in [-0.2, -0.15) is 0 Å². The van der Waals surface area contributed by atoms with Gasteiger partial charge in [0.05, 0.1) is 30.0 Å². The SMILES string of the molecule is CC1(C)OB(c2ccc(F)c([C@@]3(C)N=C(N(COCC[Si](C)(C)C)C(=O)O)S[C@@]4(C(=O)N5CCOCC5)C[C@H]43)c2)OC1(C)C. The van der Waals surface area contributed by atoms with Crippen molar-refractivity contribution in [2.45, 2.75) is 88.2 Å². The molecule has 2 saturated heterocycles. The maximum absolute atomic E-state index is 15.9. The number of nitrogens with zero attached hydrogens (tertiary/aromatic N) is 3. The number of carboxylic acid groups (broad SMARTS) is 1. The number of aliphatic imine (C=N–C) groups is 1. The third kappa shape index (κ3) is 6.22. The second kappa shape index (κ2) is 11.7. The number of thioether (sulfide) groups is 1. The number of benzene rings is 1. The summed E-state index contributed by atoms with van der Waals surface area (Å²) in [4.78, 5) is 34.5. The molecule has 3 heterocycles. The van der Waals surface area contributed by atoms with Crippen molar-refractivity contribution in [2.75, 3.05) is 39.6 Å². The molecule has 0 unspecified atom stereocenters. The predicted octanol–water partition coefficient (Wildman–Crippen LogP) is 4.35. The molecule has 1 saturated carbocycles.